The molecule has 2 heterocycles. The van der Waals surface area contributed by atoms with Crippen LogP contribution in [-0.4, -0.2) is 32.3 Å². The number of nitrogens with zero attached hydrogens (tertiary/aromatic N) is 4. The zero-order chi connectivity index (χ0) is 19.9. The number of halogens is 1. The van der Waals surface area contributed by atoms with Gasteiger partial charge in [-0.2, -0.15) is 4.98 Å². The quantitative estimate of drug-likeness (QED) is 0.402. The van der Waals surface area contributed by atoms with Gasteiger partial charge in [0, 0.05) is 11.8 Å². The third kappa shape index (κ3) is 3.17. The SMILES string of the molecule is COc1cc(-c2nc(-c3c(Cl)nc(C)c(C)c3C)no2)cc([N+](=O)[O-])c1O. The summed E-state index contributed by atoms with van der Waals surface area (Å²) in [5, 5.41) is 25.2. The van der Waals surface area contributed by atoms with E-state index in [1.54, 1.807) is 0 Å². The number of benzene rings is 1. The molecule has 0 aliphatic carbocycles. The summed E-state index contributed by atoms with van der Waals surface area (Å²) in [6, 6.07) is 2.50. The number of rotatable bonds is 4. The van der Waals surface area contributed by atoms with E-state index in [9.17, 15) is 15.2 Å². The van der Waals surface area contributed by atoms with Gasteiger partial charge in [0.25, 0.3) is 5.89 Å². The molecule has 0 aliphatic heterocycles. The van der Waals surface area contributed by atoms with Gasteiger partial charge >= 0.3 is 5.69 Å². The van der Waals surface area contributed by atoms with Crippen LogP contribution in [0.25, 0.3) is 22.8 Å². The van der Waals surface area contributed by atoms with Crippen molar-refractivity contribution in [2.75, 3.05) is 7.11 Å². The van der Waals surface area contributed by atoms with E-state index in [2.05, 4.69) is 15.1 Å². The molecule has 0 fully saturated rings. The van der Waals surface area contributed by atoms with Crippen molar-refractivity contribution >= 4 is 17.3 Å². The fourth-order valence-corrected chi connectivity index (χ4v) is 2.97. The summed E-state index contributed by atoms with van der Waals surface area (Å²) in [6.45, 7) is 5.63. The number of phenols is 1. The molecule has 9 nitrogen and oxygen atoms in total. The fourth-order valence-electron chi connectivity index (χ4n) is 2.61. The van der Waals surface area contributed by atoms with Gasteiger partial charge in [0.1, 0.15) is 5.15 Å². The highest BCUT2D eigenvalue weighted by atomic mass is 35.5. The molecule has 0 unspecified atom stereocenters. The number of hydrogen-bond donors (Lipinski definition) is 1. The number of nitro groups is 1. The van der Waals surface area contributed by atoms with Crippen LogP contribution in [0.5, 0.6) is 11.5 Å². The summed E-state index contributed by atoms with van der Waals surface area (Å²) in [4.78, 5) is 19.0. The van der Waals surface area contributed by atoms with E-state index in [4.69, 9.17) is 20.9 Å². The molecule has 3 rings (SSSR count). The van der Waals surface area contributed by atoms with E-state index in [1.165, 1.54) is 13.2 Å². The number of nitro benzene ring substituents is 1. The first-order valence-electron chi connectivity index (χ1n) is 7.77. The van der Waals surface area contributed by atoms with Crippen LogP contribution in [0, 0.1) is 30.9 Å². The Kier molecular flexibility index (Phi) is 4.71. The van der Waals surface area contributed by atoms with E-state index in [0.29, 0.717) is 5.56 Å². The minimum absolute atomic E-state index is 0.0140. The molecule has 2 aromatic heterocycles. The Morgan fingerprint density at radius 2 is 1.93 bits per heavy atom. The van der Waals surface area contributed by atoms with Gasteiger partial charge in [-0.3, -0.25) is 10.1 Å². The Balaban J connectivity index is 2.14. The molecular formula is C17H15ClN4O5. The monoisotopic (exact) mass is 390 g/mol. The lowest BCUT2D eigenvalue weighted by molar-refractivity contribution is -0.385. The van der Waals surface area contributed by atoms with Crippen molar-refractivity contribution in [2.45, 2.75) is 20.8 Å². The molecule has 0 saturated carbocycles. The van der Waals surface area contributed by atoms with Crippen molar-refractivity contribution in [2.24, 2.45) is 0 Å². The van der Waals surface area contributed by atoms with Gasteiger partial charge in [-0.25, -0.2) is 4.98 Å². The first-order chi connectivity index (χ1) is 12.7. The number of methoxy groups -OCH3 is 1. The van der Waals surface area contributed by atoms with E-state index < -0.39 is 16.4 Å². The fraction of sp³-hybridized carbons (Fsp3) is 0.235. The van der Waals surface area contributed by atoms with Crippen molar-refractivity contribution in [1.29, 1.82) is 0 Å². The number of hydrogen-bond acceptors (Lipinski definition) is 8. The third-order valence-electron chi connectivity index (χ3n) is 4.32. The second-order valence-electron chi connectivity index (χ2n) is 5.84. The Morgan fingerprint density at radius 3 is 2.56 bits per heavy atom. The van der Waals surface area contributed by atoms with Gasteiger partial charge in [-0.1, -0.05) is 16.8 Å². The summed E-state index contributed by atoms with van der Waals surface area (Å²) in [5.41, 5.74) is 2.81. The van der Waals surface area contributed by atoms with E-state index >= 15 is 0 Å². The highest BCUT2D eigenvalue weighted by molar-refractivity contribution is 6.32. The van der Waals surface area contributed by atoms with Crippen LogP contribution in [0.4, 0.5) is 5.69 Å². The summed E-state index contributed by atoms with van der Waals surface area (Å²) in [5.74, 6) is -0.442. The average molecular weight is 391 g/mol. The molecular weight excluding hydrogens is 376 g/mol. The van der Waals surface area contributed by atoms with Crippen LogP contribution in [0.1, 0.15) is 16.8 Å². The molecule has 0 aliphatic rings. The zero-order valence-electron chi connectivity index (χ0n) is 14.9. The van der Waals surface area contributed by atoms with Gasteiger partial charge in [0.2, 0.25) is 11.6 Å². The highest BCUT2D eigenvalue weighted by Crippen LogP contribution is 2.40. The molecule has 0 amide bonds. The van der Waals surface area contributed by atoms with Crippen LogP contribution >= 0.6 is 11.6 Å². The first kappa shape index (κ1) is 18.6. The highest BCUT2D eigenvalue weighted by Gasteiger charge is 2.24. The minimum atomic E-state index is -0.729. The molecule has 140 valence electrons. The van der Waals surface area contributed by atoms with E-state index in [-0.39, 0.29) is 28.2 Å². The smallest absolute Gasteiger partial charge is 0.315 e. The largest absolute Gasteiger partial charge is 0.500 e. The average Bonchev–Trinajstić information content (AvgIpc) is 3.09. The van der Waals surface area contributed by atoms with E-state index in [0.717, 1.165) is 22.9 Å². The number of aromatic hydroxyl groups is 1. The second kappa shape index (κ2) is 6.84. The molecule has 0 atom stereocenters. The van der Waals surface area contributed by atoms with Crippen LogP contribution < -0.4 is 4.74 Å². The number of ether oxygens (including phenoxy) is 1. The van der Waals surface area contributed by atoms with Crippen molar-refractivity contribution in [3.8, 4) is 34.3 Å². The van der Waals surface area contributed by atoms with E-state index in [1.807, 2.05) is 20.8 Å². The van der Waals surface area contributed by atoms with Crippen LogP contribution in [-0.2, 0) is 0 Å². The molecule has 1 N–H and O–H groups in total. The maximum Gasteiger partial charge on any atom is 0.315 e. The molecule has 0 spiro atoms. The number of phenolic OH excluding ortho intramolecular Hbond substituents is 1. The van der Waals surface area contributed by atoms with Crippen molar-refractivity contribution in [1.82, 2.24) is 15.1 Å². The molecule has 1 aromatic carbocycles. The second-order valence-corrected chi connectivity index (χ2v) is 6.20. The summed E-state index contributed by atoms with van der Waals surface area (Å²) in [6.07, 6.45) is 0. The summed E-state index contributed by atoms with van der Waals surface area (Å²) < 4.78 is 10.2. The maximum atomic E-state index is 11.2. The molecule has 27 heavy (non-hydrogen) atoms. The summed E-state index contributed by atoms with van der Waals surface area (Å²) in [7, 11) is 1.28. The molecule has 0 saturated heterocycles. The predicted octanol–water partition coefficient (Wildman–Crippen LogP) is 4.00. The third-order valence-corrected chi connectivity index (χ3v) is 4.59. The van der Waals surface area contributed by atoms with Crippen molar-refractivity contribution < 1.29 is 19.3 Å². The zero-order valence-corrected chi connectivity index (χ0v) is 15.7. The van der Waals surface area contributed by atoms with Crippen LogP contribution in [0.15, 0.2) is 16.7 Å². The van der Waals surface area contributed by atoms with Crippen LogP contribution in [0.3, 0.4) is 0 Å². The molecule has 0 bridgehead atoms. The normalized spacial score (nSPS) is 10.9. The van der Waals surface area contributed by atoms with Gasteiger partial charge in [-0.15, -0.1) is 0 Å². The van der Waals surface area contributed by atoms with Crippen molar-refractivity contribution in [3.63, 3.8) is 0 Å². The maximum absolute atomic E-state index is 11.2. The molecule has 3 aromatic rings. The van der Waals surface area contributed by atoms with Crippen molar-refractivity contribution in [3.05, 3.63) is 44.2 Å². The topological polar surface area (TPSA) is 124 Å². The lowest BCUT2D eigenvalue weighted by atomic mass is 10.0. The lowest BCUT2D eigenvalue weighted by Crippen LogP contribution is -1.97. The number of aromatic nitrogens is 3. The number of aryl methyl sites for hydroxylation is 1. The van der Waals surface area contributed by atoms with Gasteiger partial charge in [0.05, 0.1) is 23.2 Å². The Labute approximate surface area is 158 Å². The lowest BCUT2D eigenvalue weighted by Gasteiger charge is -2.09. The van der Waals surface area contributed by atoms with Gasteiger partial charge < -0.3 is 14.4 Å². The first-order valence-corrected chi connectivity index (χ1v) is 8.15. The van der Waals surface area contributed by atoms with Gasteiger partial charge in [0.15, 0.2) is 5.75 Å². The molecule has 0 radical (unpaired) electrons. The standard InChI is InChI=1S/C17H15ClN4O5/c1-7-8(2)13(15(18)19-9(7)3)16-20-17(27-21-16)10-5-11(22(24)25)14(23)12(6-10)26-4/h5-6,23H,1-4H3. The number of pyridine rings is 1. The Hall–Kier alpha value is -3.20. The molecule has 10 heteroatoms. The Morgan fingerprint density at radius 1 is 1.22 bits per heavy atom. The minimum Gasteiger partial charge on any atom is -0.500 e. The predicted molar refractivity (Wildman–Crippen MR) is 97.1 cm³/mol. The summed E-state index contributed by atoms with van der Waals surface area (Å²) >= 11 is 6.26. The van der Waals surface area contributed by atoms with Crippen LogP contribution in [0.2, 0.25) is 5.15 Å². The Bertz CT molecular complexity index is 1060. The van der Waals surface area contributed by atoms with Gasteiger partial charge in [-0.05, 0) is 38.0 Å².